The summed E-state index contributed by atoms with van der Waals surface area (Å²) in [6.07, 6.45) is 6.60. The molecule has 130 valence electrons. The van der Waals surface area contributed by atoms with E-state index in [1.807, 2.05) is 29.2 Å². The summed E-state index contributed by atoms with van der Waals surface area (Å²) in [5, 5.41) is 14.5. The largest absolute Gasteiger partial charge is 0.311 e. The zero-order chi connectivity index (χ0) is 17.6. The van der Waals surface area contributed by atoms with Crippen molar-refractivity contribution in [1.82, 2.24) is 25.3 Å². The molecule has 0 saturated heterocycles. The molecule has 2 heterocycles. The number of aromatic nitrogens is 4. The number of rotatable bonds is 7. The van der Waals surface area contributed by atoms with Crippen LogP contribution in [0.1, 0.15) is 16.8 Å². The molecule has 1 N–H and O–H groups in total. The number of benzene rings is 2. The van der Waals surface area contributed by atoms with E-state index >= 15 is 0 Å². The van der Waals surface area contributed by atoms with Crippen LogP contribution in [-0.4, -0.2) is 26.5 Å². The van der Waals surface area contributed by atoms with Gasteiger partial charge in [0.1, 0.15) is 0 Å². The van der Waals surface area contributed by atoms with Crippen LogP contribution in [0.5, 0.6) is 0 Å². The molecule has 0 aliphatic heterocycles. The Kier molecular flexibility index (Phi) is 4.98. The van der Waals surface area contributed by atoms with Gasteiger partial charge in [-0.3, -0.25) is 4.98 Å². The fourth-order valence-corrected chi connectivity index (χ4v) is 3.13. The van der Waals surface area contributed by atoms with Gasteiger partial charge in [-0.05, 0) is 40.9 Å². The number of fused-ring (bicyclic) bond motifs is 1. The van der Waals surface area contributed by atoms with Crippen LogP contribution in [0.2, 0.25) is 0 Å². The van der Waals surface area contributed by atoms with E-state index in [-0.39, 0.29) is 0 Å². The van der Waals surface area contributed by atoms with Crippen molar-refractivity contribution in [2.24, 2.45) is 0 Å². The molecule has 0 saturated carbocycles. The highest BCUT2D eigenvalue weighted by Crippen LogP contribution is 2.18. The number of nitrogens with one attached hydrogen (secondary N) is 1. The number of hydrogen-bond donors (Lipinski definition) is 1. The van der Waals surface area contributed by atoms with Gasteiger partial charge in [0, 0.05) is 18.9 Å². The highest BCUT2D eigenvalue weighted by atomic mass is 15.4. The lowest BCUT2D eigenvalue weighted by Crippen LogP contribution is -2.17. The highest BCUT2D eigenvalue weighted by molar-refractivity contribution is 5.85. The molecule has 0 aliphatic rings. The van der Waals surface area contributed by atoms with E-state index in [4.69, 9.17) is 0 Å². The average molecular weight is 343 g/mol. The van der Waals surface area contributed by atoms with Gasteiger partial charge in [0.2, 0.25) is 0 Å². The molecule has 0 unspecified atom stereocenters. The van der Waals surface area contributed by atoms with Crippen LogP contribution < -0.4 is 5.32 Å². The third-order valence-corrected chi connectivity index (χ3v) is 4.41. The molecule has 5 heteroatoms. The maximum atomic E-state index is 4.24. The summed E-state index contributed by atoms with van der Waals surface area (Å²) >= 11 is 0. The van der Waals surface area contributed by atoms with Crippen molar-refractivity contribution in [2.75, 3.05) is 6.54 Å². The highest BCUT2D eigenvalue weighted by Gasteiger charge is 2.03. The molecule has 2 aromatic heterocycles. The van der Waals surface area contributed by atoms with Gasteiger partial charge >= 0.3 is 0 Å². The van der Waals surface area contributed by atoms with Crippen LogP contribution >= 0.6 is 0 Å². The molecule has 4 rings (SSSR count). The number of pyridine rings is 1. The topological polar surface area (TPSA) is 55.6 Å². The summed E-state index contributed by atoms with van der Waals surface area (Å²) in [4.78, 5) is 4.12. The van der Waals surface area contributed by atoms with E-state index in [0.717, 1.165) is 30.8 Å². The molecule has 0 fully saturated rings. The molecule has 0 spiro atoms. The van der Waals surface area contributed by atoms with Crippen molar-refractivity contribution in [1.29, 1.82) is 0 Å². The Morgan fingerprint density at radius 1 is 0.962 bits per heavy atom. The maximum Gasteiger partial charge on any atom is 0.0964 e. The Morgan fingerprint density at radius 2 is 1.88 bits per heavy atom. The first-order valence-corrected chi connectivity index (χ1v) is 8.84. The quantitative estimate of drug-likeness (QED) is 0.524. The van der Waals surface area contributed by atoms with Gasteiger partial charge in [0.15, 0.2) is 0 Å². The van der Waals surface area contributed by atoms with E-state index in [0.29, 0.717) is 6.54 Å². The fraction of sp³-hybridized carbons (Fsp3) is 0.190. The minimum Gasteiger partial charge on any atom is -0.311 e. The molecule has 0 amide bonds. The Balaban J connectivity index is 1.30. The minimum atomic E-state index is 0.691. The van der Waals surface area contributed by atoms with Crippen molar-refractivity contribution in [3.05, 3.63) is 90.0 Å². The third kappa shape index (κ3) is 3.95. The monoisotopic (exact) mass is 343 g/mol. The van der Waals surface area contributed by atoms with Crippen LogP contribution in [0, 0.1) is 0 Å². The Bertz CT molecular complexity index is 973. The number of hydrogen-bond acceptors (Lipinski definition) is 4. The van der Waals surface area contributed by atoms with Crippen LogP contribution in [-0.2, 0) is 19.5 Å². The molecule has 5 nitrogen and oxygen atoms in total. The summed E-state index contributed by atoms with van der Waals surface area (Å²) in [6, 6.07) is 19.0. The standard InChI is InChI=1S/C21H21N5/c1-2-9-21-18(6-1)7-3-8-19(21)10-12-23-14-20-16-26(25-24-20)15-17-5-4-11-22-13-17/h1-9,11,13,16,23H,10,12,14-15H2. The summed E-state index contributed by atoms with van der Waals surface area (Å²) in [6.45, 7) is 2.32. The van der Waals surface area contributed by atoms with Crippen molar-refractivity contribution in [2.45, 2.75) is 19.5 Å². The average Bonchev–Trinajstić information content (AvgIpc) is 3.13. The summed E-state index contributed by atoms with van der Waals surface area (Å²) < 4.78 is 1.85. The zero-order valence-electron chi connectivity index (χ0n) is 14.5. The van der Waals surface area contributed by atoms with Gasteiger partial charge in [-0.25, -0.2) is 4.68 Å². The molecule has 0 atom stereocenters. The lowest BCUT2D eigenvalue weighted by Gasteiger charge is -2.07. The Labute approximate surface area is 152 Å². The van der Waals surface area contributed by atoms with Crippen LogP contribution in [0.3, 0.4) is 0 Å². The minimum absolute atomic E-state index is 0.691. The van der Waals surface area contributed by atoms with E-state index in [1.165, 1.54) is 16.3 Å². The molecule has 0 radical (unpaired) electrons. The van der Waals surface area contributed by atoms with E-state index in [1.54, 1.807) is 6.20 Å². The maximum absolute atomic E-state index is 4.24. The lowest BCUT2D eigenvalue weighted by molar-refractivity contribution is 0.645. The van der Waals surface area contributed by atoms with Crippen molar-refractivity contribution in [3.63, 3.8) is 0 Å². The van der Waals surface area contributed by atoms with Gasteiger partial charge in [0.05, 0.1) is 18.4 Å². The predicted octanol–water partition coefficient (Wildman–Crippen LogP) is 3.21. The van der Waals surface area contributed by atoms with E-state index in [2.05, 4.69) is 63.1 Å². The lowest BCUT2D eigenvalue weighted by atomic mass is 10.0. The van der Waals surface area contributed by atoms with Crippen LogP contribution in [0.15, 0.2) is 73.2 Å². The Morgan fingerprint density at radius 3 is 2.81 bits per heavy atom. The smallest absolute Gasteiger partial charge is 0.0964 e. The Hall–Kier alpha value is -3.05. The second-order valence-corrected chi connectivity index (χ2v) is 6.33. The molecule has 26 heavy (non-hydrogen) atoms. The second kappa shape index (κ2) is 7.89. The van der Waals surface area contributed by atoms with E-state index < -0.39 is 0 Å². The molecule has 2 aromatic carbocycles. The summed E-state index contributed by atoms with van der Waals surface area (Å²) in [7, 11) is 0. The zero-order valence-corrected chi connectivity index (χ0v) is 14.5. The van der Waals surface area contributed by atoms with Gasteiger partial charge in [-0.2, -0.15) is 0 Å². The first-order valence-electron chi connectivity index (χ1n) is 8.84. The normalized spacial score (nSPS) is 11.1. The van der Waals surface area contributed by atoms with Crippen LogP contribution in [0.4, 0.5) is 0 Å². The summed E-state index contributed by atoms with van der Waals surface area (Å²) in [5.41, 5.74) is 3.44. The third-order valence-electron chi connectivity index (χ3n) is 4.41. The van der Waals surface area contributed by atoms with Crippen molar-refractivity contribution in [3.8, 4) is 0 Å². The first kappa shape index (κ1) is 16.4. The molecular weight excluding hydrogens is 322 g/mol. The van der Waals surface area contributed by atoms with Gasteiger partial charge < -0.3 is 5.32 Å². The predicted molar refractivity (Wildman–Crippen MR) is 103 cm³/mol. The van der Waals surface area contributed by atoms with Gasteiger partial charge in [-0.15, -0.1) is 5.10 Å². The molecular formula is C21H21N5. The van der Waals surface area contributed by atoms with E-state index in [9.17, 15) is 0 Å². The van der Waals surface area contributed by atoms with Crippen molar-refractivity contribution < 1.29 is 0 Å². The summed E-state index contributed by atoms with van der Waals surface area (Å²) in [5.74, 6) is 0. The SMILES string of the molecule is c1cncc(Cn2cc(CNCCc3cccc4ccccc34)nn2)c1. The fourth-order valence-electron chi connectivity index (χ4n) is 3.13. The van der Waals surface area contributed by atoms with Gasteiger partial charge in [-0.1, -0.05) is 53.7 Å². The molecule has 0 aliphatic carbocycles. The number of nitrogens with zero attached hydrogens (tertiary/aromatic N) is 4. The molecule has 0 bridgehead atoms. The van der Waals surface area contributed by atoms with Crippen LogP contribution in [0.25, 0.3) is 10.8 Å². The first-order chi connectivity index (χ1) is 12.9. The second-order valence-electron chi connectivity index (χ2n) is 6.33. The molecule has 4 aromatic rings. The van der Waals surface area contributed by atoms with Crippen molar-refractivity contribution >= 4 is 10.8 Å². The van der Waals surface area contributed by atoms with Gasteiger partial charge in [0.25, 0.3) is 0 Å².